The van der Waals surface area contributed by atoms with Gasteiger partial charge in [-0.25, -0.2) is 0 Å². The molecule has 0 unspecified atom stereocenters. The Hall–Kier alpha value is -2.82. The Bertz CT molecular complexity index is 848. The first-order chi connectivity index (χ1) is 12.2. The van der Waals surface area contributed by atoms with Crippen LogP contribution in [0.4, 0.5) is 18.3 Å². The predicted octanol–water partition coefficient (Wildman–Crippen LogP) is 2.46. The molecule has 136 valence electrons. The molecular formula is C15H11F3N4O3S. The van der Waals surface area contributed by atoms with Gasteiger partial charge in [0.2, 0.25) is 22.0 Å². The van der Waals surface area contributed by atoms with E-state index in [1.54, 1.807) is 12.1 Å². The van der Waals surface area contributed by atoms with E-state index in [1.165, 1.54) is 12.1 Å². The molecule has 2 heterocycles. The van der Waals surface area contributed by atoms with E-state index in [0.29, 0.717) is 5.56 Å². The summed E-state index contributed by atoms with van der Waals surface area (Å²) >= 11 is 0.227. The van der Waals surface area contributed by atoms with Gasteiger partial charge in [-0.2, -0.15) is 13.2 Å². The molecule has 1 aromatic carbocycles. The summed E-state index contributed by atoms with van der Waals surface area (Å²) in [6, 6.07) is 6.02. The van der Waals surface area contributed by atoms with Crippen LogP contribution in [0.25, 0.3) is 0 Å². The Morgan fingerprint density at radius 1 is 1.12 bits per heavy atom. The van der Waals surface area contributed by atoms with Crippen LogP contribution in [0.5, 0.6) is 0 Å². The number of benzene rings is 1. The lowest BCUT2D eigenvalue weighted by Crippen LogP contribution is -2.28. The van der Waals surface area contributed by atoms with Crippen LogP contribution >= 0.6 is 11.3 Å². The Balaban J connectivity index is 1.64. The van der Waals surface area contributed by atoms with E-state index < -0.39 is 17.1 Å². The number of hydrogen-bond donors (Lipinski definition) is 1. The topological polar surface area (TPSA) is 92.3 Å². The molecule has 7 nitrogen and oxygen atoms in total. The molecule has 3 amide bonds. The summed E-state index contributed by atoms with van der Waals surface area (Å²) in [5, 5.41) is 7.10. The van der Waals surface area contributed by atoms with Gasteiger partial charge in [0, 0.05) is 18.4 Å². The van der Waals surface area contributed by atoms with Gasteiger partial charge in [0.15, 0.2) is 0 Å². The molecule has 1 aromatic heterocycles. The second-order valence-corrected chi connectivity index (χ2v) is 6.41. The van der Waals surface area contributed by atoms with Gasteiger partial charge in [-0.1, -0.05) is 23.5 Å². The van der Waals surface area contributed by atoms with Gasteiger partial charge in [-0.15, -0.1) is 10.2 Å². The fourth-order valence-corrected chi connectivity index (χ4v) is 2.91. The van der Waals surface area contributed by atoms with Crippen LogP contribution in [0, 0.1) is 0 Å². The van der Waals surface area contributed by atoms with E-state index >= 15 is 0 Å². The maximum atomic E-state index is 12.5. The van der Waals surface area contributed by atoms with E-state index in [2.05, 4.69) is 15.5 Å². The molecule has 0 bridgehead atoms. The summed E-state index contributed by atoms with van der Waals surface area (Å²) in [6.07, 6.45) is -4.23. The molecule has 0 spiro atoms. The largest absolute Gasteiger partial charge is 0.445 e. The maximum Gasteiger partial charge on any atom is 0.445 e. The highest BCUT2D eigenvalue weighted by molar-refractivity contribution is 7.15. The molecule has 26 heavy (non-hydrogen) atoms. The fraction of sp³-hybridized carbons (Fsp3) is 0.267. The molecule has 1 N–H and O–H groups in total. The van der Waals surface area contributed by atoms with Crippen LogP contribution in [0.1, 0.15) is 33.8 Å². The van der Waals surface area contributed by atoms with E-state index in [4.69, 9.17) is 0 Å². The van der Waals surface area contributed by atoms with Gasteiger partial charge in [-0.05, 0) is 17.7 Å². The number of halogens is 3. The van der Waals surface area contributed by atoms with Gasteiger partial charge in [0.1, 0.15) is 0 Å². The molecule has 1 aliphatic heterocycles. The first-order valence-electron chi connectivity index (χ1n) is 7.38. The van der Waals surface area contributed by atoms with Gasteiger partial charge >= 0.3 is 6.18 Å². The molecule has 11 heteroatoms. The average Bonchev–Trinajstić information content (AvgIpc) is 3.17. The summed E-state index contributed by atoms with van der Waals surface area (Å²) < 4.78 is 37.4. The molecule has 0 radical (unpaired) electrons. The molecule has 0 saturated carbocycles. The Kier molecular flexibility index (Phi) is 4.72. The summed E-state index contributed by atoms with van der Waals surface area (Å²) in [6.45, 7) is 0.116. The molecular weight excluding hydrogens is 373 g/mol. The lowest BCUT2D eigenvalue weighted by Gasteiger charge is -2.13. The molecule has 0 aliphatic carbocycles. The minimum absolute atomic E-state index is 0.116. The number of imide groups is 1. The van der Waals surface area contributed by atoms with Crippen molar-refractivity contribution in [3.8, 4) is 0 Å². The zero-order valence-corrected chi connectivity index (χ0v) is 13.9. The normalized spacial score (nSPS) is 14.8. The minimum atomic E-state index is -4.62. The number of carbonyl (C=O) groups is 3. The van der Waals surface area contributed by atoms with Crippen LogP contribution in [0.3, 0.4) is 0 Å². The molecule has 1 aliphatic rings. The van der Waals surface area contributed by atoms with Crippen molar-refractivity contribution in [3.63, 3.8) is 0 Å². The number of aromatic nitrogens is 2. The van der Waals surface area contributed by atoms with E-state index in [1.807, 2.05) is 0 Å². The van der Waals surface area contributed by atoms with Crippen molar-refractivity contribution < 1.29 is 27.6 Å². The molecule has 3 rings (SSSR count). The number of anilines is 1. The number of carbonyl (C=O) groups excluding carboxylic acids is 3. The summed E-state index contributed by atoms with van der Waals surface area (Å²) in [7, 11) is 0. The quantitative estimate of drug-likeness (QED) is 0.818. The molecule has 1 saturated heterocycles. The van der Waals surface area contributed by atoms with Crippen molar-refractivity contribution in [1.29, 1.82) is 0 Å². The zero-order valence-electron chi connectivity index (χ0n) is 13.0. The molecule has 0 atom stereocenters. The van der Waals surface area contributed by atoms with E-state index in [9.17, 15) is 27.6 Å². The maximum absolute atomic E-state index is 12.5. The van der Waals surface area contributed by atoms with Crippen LogP contribution in [-0.4, -0.2) is 32.8 Å². The average molecular weight is 384 g/mol. The van der Waals surface area contributed by atoms with Crippen molar-refractivity contribution in [2.75, 3.05) is 5.32 Å². The first-order valence-corrected chi connectivity index (χ1v) is 8.20. The van der Waals surface area contributed by atoms with E-state index in [0.717, 1.165) is 4.90 Å². The van der Waals surface area contributed by atoms with Crippen LogP contribution < -0.4 is 5.32 Å². The van der Waals surface area contributed by atoms with Crippen molar-refractivity contribution in [1.82, 2.24) is 15.1 Å². The lowest BCUT2D eigenvalue weighted by atomic mass is 10.1. The van der Waals surface area contributed by atoms with Crippen molar-refractivity contribution >= 4 is 34.2 Å². The standard InChI is InChI=1S/C15H11F3N4O3S/c16-15(17,18)13-20-21-14(26-13)19-12(25)9-3-1-8(2-4-9)7-22-10(23)5-6-11(22)24/h1-4H,5-7H2,(H,19,21,25). The second kappa shape index (κ2) is 6.83. The Morgan fingerprint density at radius 2 is 1.73 bits per heavy atom. The number of likely N-dealkylation sites (tertiary alicyclic amines) is 1. The number of rotatable bonds is 4. The monoisotopic (exact) mass is 384 g/mol. The zero-order chi connectivity index (χ0) is 18.9. The molecule has 1 fully saturated rings. The predicted molar refractivity (Wildman–Crippen MR) is 84.1 cm³/mol. The Labute approximate surface area is 148 Å². The first kappa shape index (κ1) is 18.0. The Morgan fingerprint density at radius 3 is 2.27 bits per heavy atom. The summed E-state index contributed by atoms with van der Waals surface area (Å²) in [5.74, 6) is -1.13. The minimum Gasteiger partial charge on any atom is -0.296 e. The highest BCUT2D eigenvalue weighted by Crippen LogP contribution is 2.33. The highest BCUT2D eigenvalue weighted by Gasteiger charge is 2.35. The third kappa shape index (κ3) is 3.87. The van der Waals surface area contributed by atoms with Gasteiger partial charge < -0.3 is 0 Å². The second-order valence-electron chi connectivity index (χ2n) is 5.43. The van der Waals surface area contributed by atoms with Crippen molar-refractivity contribution in [2.45, 2.75) is 25.6 Å². The number of amides is 3. The summed E-state index contributed by atoms with van der Waals surface area (Å²) in [4.78, 5) is 36.4. The van der Waals surface area contributed by atoms with Gasteiger partial charge in [-0.3, -0.25) is 24.6 Å². The van der Waals surface area contributed by atoms with Crippen LogP contribution in [-0.2, 0) is 22.3 Å². The fourth-order valence-electron chi connectivity index (χ4n) is 2.30. The highest BCUT2D eigenvalue weighted by atomic mass is 32.1. The van der Waals surface area contributed by atoms with Gasteiger partial charge in [0.05, 0.1) is 6.54 Å². The third-order valence-corrected chi connectivity index (χ3v) is 4.48. The third-order valence-electron chi connectivity index (χ3n) is 3.60. The number of nitrogens with one attached hydrogen (secondary N) is 1. The molecule has 2 aromatic rings. The SMILES string of the molecule is O=C(Nc1nnc(C(F)(F)F)s1)c1ccc(CN2C(=O)CCC2=O)cc1. The van der Waals surface area contributed by atoms with Gasteiger partial charge in [0.25, 0.3) is 5.91 Å². The van der Waals surface area contributed by atoms with Crippen LogP contribution in [0.15, 0.2) is 24.3 Å². The number of nitrogens with zero attached hydrogens (tertiary/aromatic N) is 3. The summed E-state index contributed by atoms with van der Waals surface area (Å²) in [5.41, 5.74) is 0.844. The number of hydrogen-bond acceptors (Lipinski definition) is 6. The smallest absolute Gasteiger partial charge is 0.296 e. The number of alkyl halides is 3. The van der Waals surface area contributed by atoms with Crippen molar-refractivity contribution in [3.05, 3.63) is 40.4 Å². The van der Waals surface area contributed by atoms with Crippen molar-refractivity contribution in [2.24, 2.45) is 0 Å². The van der Waals surface area contributed by atoms with Crippen LogP contribution in [0.2, 0.25) is 0 Å². The van der Waals surface area contributed by atoms with E-state index in [-0.39, 0.29) is 53.2 Å². The lowest BCUT2D eigenvalue weighted by molar-refractivity contribution is -0.139.